The van der Waals surface area contributed by atoms with Crippen molar-refractivity contribution in [3.63, 3.8) is 0 Å². The Morgan fingerprint density at radius 2 is 2.12 bits per heavy atom. The molecule has 1 aromatic heterocycles. The van der Waals surface area contributed by atoms with Crippen LogP contribution >= 0.6 is 11.3 Å². The number of anilines is 1. The van der Waals surface area contributed by atoms with Crippen LogP contribution in [0.2, 0.25) is 0 Å². The van der Waals surface area contributed by atoms with Crippen molar-refractivity contribution in [2.45, 2.75) is 46.1 Å². The molecule has 1 saturated heterocycles. The SMILES string of the molecule is CCC1CCN(c2nc(C)c(C(C)N)s2)CC1. The number of nitrogens with zero attached hydrogens (tertiary/aromatic N) is 2. The lowest BCUT2D eigenvalue weighted by molar-refractivity contribution is 0.395. The Morgan fingerprint density at radius 1 is 1.47 bits per heavy atom. The number of aromatic nitrogens is 1. The summed E-state index contributed by atoms with van der Waals surface area (Å²) in [7, 11) is 0. The molecule has 1 aliphatic heterocycles. The number of nitrogens with two attached hydrogens (primary N) is 1. The topological polar surface area (TPSA) is 42.2 Å². The van der Waals surface area contributed by atoms with Crippen molar-refractivity contribution < 1.29 is 0 Å². The van der Waals surface area contributed by atoms with Crippen molar-refractivity contribution in [2.75, 3.05) is 18.0 Å². The maximum Gasteiger partial charge on any atom is 0.185 e. The molecule has 0 aromatic carbocycles. The van der Waals surface area contributed by atoms with Gasteiger partial charge in [0.2, 0.25) is 0 Å². The third-order valence-electron chi connectivity index (χ3n) is 3.70. The summed E-state index contributed by atoms with van der Waals surface area (Å²) in [5, 5.41) is 1.17. The summed E-state index contributed by atoms with van der Waals surface area (Å²) in [6.45, 7) is 8.71. The lowest BCUT2D eigenvalue weighted by atomic mass is 9.95. The highest BCUT2D eigenvalue weighted by Gasteiger charge is 2.21. The lowest BCUT2D eigenvalue weighted by Gasteiger charge is -2.31. The average Bonchev–Trinajstić information content (AvgIpc) is 2.71. The van der Waals surface area contributed by atoms with E-state index in [1.807, 2.05) is 6.92 Å². The van der Waals surface area contributed by atoms with Crippen LogP contribution in [0, 0.1) is 12.8 Å². The molecular formula is C13H23N3S. The van der Waals surface area contributed by atoms with Crippen molar-refractivity contribution in [1.82, 2.24) is 4.98 Å². The minimum Gasteiger partial charge on any atom is -0.348 e. The Labute approximate surface area is 108 Å². The maximum absolute atomic E-state index is 5.95. The van der Waals surface area contributed by atoms with Gasteiger partial charge in [0.1, 0.15) is 0 Å². The first kappa shape index (κ1) is 12.8. The average molecular weight is 253 g/mol. The molecule has 0 aliphatic carbocycles. The number of thiazole rings is 1. The van der Waals surface area contributed by atoms with Crippen LogP contribution in [0.4, 0.5) is 5.13 Å². The predicted octanol–water partition coefficient (Wildman–Crippen LogP) is 3.10. The number of piperidine rings is 1. The Kier molecular flexibility index (Phi) is 4.05. The molecule has 2 rings (SSSR count). The number of hydrogen-bond acceptors (Lipinski definition) is 4. The maximum atomic E-state index is 5.95. The fourth-order valence-corrected chi connectivity index (χ4v) is 3.55. The highest BCUT2D eigenvalue weighted by atomic mass is 32.1. The van der Waals surface area contributed by atoms with E-state index in [9.17, 15) is 0 Å². The summed E-state index contributed by atoms with van der Waals surface area (Å²) in [6, 6.07) is 0.106. The normalized spacial score (nSPS) is 19.6. The van der Waals surface area contributed by atoms with Crippen LogP contribution in [0.5, 0.6) is 0 Å². The van der Waals surface area contributed by atoms with Crippen LogP contribution < -0.4 is 10.6 Å². The van der Waals surface area contributed by atoms with Gasteiger partial charge in [-0.2, -0.15) is 0 Å². The van der Waals surface area contributed by atoms with Gasteiger partial charge in [-0.25, -0.2) is 4.98 Å². The zero-order valence-corrected chi connectivity index (χ0v) is 11.9. The fraction of sp³-hybridized carbons (Fsp3) is 0.769. The van der Waals surface area contributed by atoms with Gasteiger partial charge in [0.25, 0.3) is 0 Å². The Morgan fingerprint density at radius 3 is 2.59 bits per heavy atom. The minimum atomic E-state index is 0.106. The molecule has 96 valence electrons. The van der Waals surface area contributed by atoms with Gasteiger partial charge in [0.05, 0.1) is 5.69 Å². The second-order valence-electron chi connectivity index (χ2n) is 5.07. The van der Waals surface area contributed by atoms with Crippen LogP contribution in [-0.4, -0.2) is 18.1 Å². The van der Waals surface area contributed by atoms with Crippen LogP contribution in [-0.2, 0) is 0 Å². The second kappa shape index (κ2) is 5.36. The summed E-state index contributed by atoms with van der Waals surface area (Å²) in [5.41, 5.74) is 7.06. The highest BCUT2D eigenvalue weighted by molar-refractivity contribution is 7.15. The quantitative estimate of drug-likeness (QED) is 0.900. The molecule has 0 radical (unpaired) electrons. The van der Waals surface area contributed by atoms with Gasteiger partial charge in [-0.3, -0.25) is 0 Å². The standard InChI is InChI=1S/C13H23N3S/c1-4-11-5-7-16(8-6-11)13-15-10(3)12(17-13)9(2)14/h9,11H,4-8,14H2,1-3H3. The third kappa shape index (κ3) is 2.80. The van der Waals surface area contributed by atoms with Crippen molar-refractivity contribution in [1.29, 1.82) is 0 Å². The van der Waals surface area contributed by atoms with E-state index in [4.69, 9.17) is 5.73 Å². The van der Waals surface area contributed by atoms with E-state index in [0.717, 1.165) is 24.7 Å². The van der Waals surface area contributed by atoms with Crippen LogP contribution in [0.3, 0.4) is 0 Å². The molecule has 1 atom stereocenters. The van der Waals surface area contributed by atoms with Gasteiger partial charge >= 0.3 is 0 Å². The molecule has 0 spiro atoms. The first-order valence-corrected chi connectivity index (χ1v) is 7.41. The smallest absolute Gasteiger partial charge is 0.185 e. The van der Waals surface area contributed by atoms with Crippen molar-refractivity contribution in [2.24, 2.45) is 11.7 Å². The Bertz CT molecular complexity index is 365. The van der Waals surface area contributed by atoms with E-state index in [0.29, 0.717) is 0 Å². The summed E-state index contributed by atoms with van der Waals surface area (Å²) >= 11 is 1.77. The molecule has 0 bridgehead atoms. The first-order valence-electron chi connectivity index (χ1n) is 6.59. The van der Waals surface area contributed by atoms with Gasteiger partial charge in [-0.15, -0.1) is 11.3 Å². The molecule has 0 saturated carbocycles. The summed E-state index contributed by atoms with van der Waals surface area (Å²) in [4.78, 5) is 8.33. The predicted molar refractivity (Wildman–Crippen MR) is 74.7 cm³/mol. The summed E-state index contributed by atoms with van der Waals surface area (Å²) in [5.74, 6) is 0.917. The molecule has 2 heterocycles. The van der Waals surface area contributed by atoms with Gasteiger partial charge < -0.3 is 10.6 Å². The van der Waals surface area contributed by atoms with E-state index in [1.54, 1.807) is 11.3 Å². The van der Waals surface area contributed by atoms with Crippen molar-refractivity contribution in [3.8, 4) is 0 Å². The molecule has 3 nitrogen and oxygen atoms in total. The molecular weight excluding hydrogens is 230 g/mol. The number of aryl methyl sites for hydroxylation is 1. The van der Waals surface area contributed by atoms with Gasteiger partial charge in [0, 0.05) is 24.0 Å². The zero-order valence-electron chi connectivity index (χ0n) is 11.1. The Hall–Kier alpha value is -0.610. The van der Waals surface area contributed by atoms with E-state index < -0.39 is 0 Å². The largest absolute Gasteiger partial charge is 0.348 e. The van der Waals surface area contributed by atoms with Crippen LogP contribution in [0.25, 0.3) is 0 Å². The third-order valence-corrected chi connectivity index (χ3v) is 5.12. The van der Waals surface area contributed by atoms with Crippen LogP contribution in [0.1, 0.15) is 49.7 Å². The first-order chi connectivity index (χ1) is 8.11. The molecule has 4 heteroatoms. The molecule has 1 aromatic rings. The fourth-order valence-electron chi connectivity index (χ4n) is 2.48. The number of rotatable bonds is 3. The lowest BCUT2D eigenvalue weighted by Crippen LogP contribution is -2.33. The zero-order chi connectivity index (χ0) is 12.4. The van der Waals surface area contributed by atoms with E-state index >= 15 is 0 Å². The second-order valence-corrected chi connectivity index (χ2v) is 6.08. The molecule has 1 aliphatic rings. The highest BCUT2D eigenvalue weighted by Crippen LogP contribution is 2.32. The molecule has 1 unspecified atom stereocenters. The van der Waals surface area contributed by atoms with E-state index in [-0.39, 0.29) is 6.04 Å². The van der Waals surface area contributed by atoms with E-state index in [1.165, 1.54) is 29.3 Å². The van der Waals surface area contributed by atoms with Crippen LogP contribution in [0.15, 0.2) is 0 Å². The molecule has 2 N–H and O–H groups in total. The monoisotopic (exact) mass is 253 g/mol. The van der Waals surface area contributed by atoms with E-state index in [2.05, 4.69) is 23.7 Å². The molecule has 17 heavy (non-hydrogen) atoms. The Balaban J connectivity index is 2.06. The molecule has 0 amide bonds. The summed E-state index contributed by atoms with van der Waals surface area (Å²) in [6.07, 6.45) is 3.93. The summed E-state index contributed by atoms with van der Waals surface area (Å²) < 4.78 is 0. The van der Waals surface area contributed by atoms with Crippen molar-refractivity contribution in [3.05, 3.63) is 10.6 Å². The molecule has 1 fully saturated rings. The van der Waals surface area contributed by atoms with Crippen molar-refractivity contribution >= 4 is 16.5 Å². The van der Waals surface area contributed by atoms with Gasteiger partial charge in [-0.05, 0) is 32.6 Å². The number of hydrogen-bond donors (Lipinski definition) is 1. The minimum absolute atomic E-state index is 0.106. The van der Waals surface area contributed by atoms with Gasteiger partial charge in [-0.1, -0.05) is 13.3 Å². The van der Waals surface area contributed by atoms with Gasteiger partial charge in [0.15, 0.2) is 5.13 Å².